The fraction of sp³-hybridized carbons (Fsp3) is 0.357. The Hall–Kier alpha value is -1.35. The van der Waals surface area contributed by atoms with Crippen LogP contribution in [0.1, 0.15) is 31.2 Å². The van der Waals surface area contributed by atoms with Crippen molar-refractivity contribution < 1.29 is 0 Å². The quantitative estimate of drug-likeness (QED) is 0.818. The van der Waals surface area contributed by atoms with Gasteiger partial charge in [0.1, 0.15) is 0 Å². The van der Waals surface area contributed by atoms with E-state index in [4.69, 9.17) is 0 Å². The van der Waals surface area contributed by atoms with Crippen LogP contribution in [-0.4, -0.2) is 4.98 Å². The zero-order valence-corrected chi connectivity index (χ0v) is 11.4. The number of hydrogen-bond acceptors (Lipinski definition) is 2. The first-order valence-corrected chi connectivity index (χ1v) is 6.50. The number of aromatic nitrogens is 1. The molecule has 0 aliphatic rings. The second kappa shape index (κ2) is 4.15. The molecule has 0 radical (unpaired) electrons. The Morgan fingerprint density at radius 1 is 1.12 bits per heavy atom. The lowest BCUT2D eigenvalue weighted by Crippen LogP contribution is -2.10. The molecule has 1 aromatic carbocycles. The summed E-state index contributed by atoms with van der Waals surface area (Å²) < 4.78 is 0. The third-order valence-electron chi connectivity index (χ3n) is 2.86. The molecule has 2 nitrogen and oxygen atoms in total. The highest BCUT2D eigenvalue weighted by molar-refractivity contribution is 7.09. The van der Waals surface area contributed by atoms with Crippen molar-refractivity contribution in [1.82, 2.24) is 4.98 Å². The topological polar surface area (TPSA) is 32.9 Å². The van der Waals surface area contributed by atoms with Crippen LogP contribution in [0.5, 0.6) is 0 Å². The number of nitrogens with one attached hydrogen (secondary N) is 1. The summed E-state index contributed by atoms with van der Waals surface area (Å²) in [6.45, 7) is 8.55. The van der Waals surface area contributed by atoms with Crippen molar-refractivity contribution in [3.8, 4) is 11.3 Å². The van der Waals surface area contributed by atoms with Crippen LogP contribution in [-0.2, 0) is 5.41 Å². The van der Waals surface area contributed by atoms with Crippen molar-refractivity contribution >= 4 is 11.3 Å². The van der Waals surface area contributed by atoms with Crippen LogP contribution in [0.15, 0.2) is 29.1 Å². The largest absolute Gasteiger partial charge is 0.312 e. The lowest BCUT2D eigenvalue weighted by atomic mass is 9.86. The minimum atomic E-state index is 0.0115. The van der Waals surface area contributed by atoms with Crippen LogP contribution in [0.2, 0.25) is 0 Å². The highest BCUT2D eigenvalue weighted by Crippen LogP contribution is 2.27. The Bertz CT molecular complexity index is 570. The number of thiazole rings is 1. The molecule has 0 aliphatic carbocycles. The molecule has 0 bridgehead atoms. The molecule has 0 amide bonds. The van der Waals surface area contributed by atoms with E-state index in [1.807, 2.05) is 6.92 Å². The Kier molecular flexibility index (Phi) is 2.96. The standard InChI is InChI=1S/C14H17NOS/c1-9-12(15-13(16)17-9)10-5-7-11(8-6-10)14(2,3)4/h5-8H,1-4H3,(H,15,16). The Labute approximate surface area is 105 Å². The molecule has 3 heteroatoms. The summed E-state index contributed by atoms with van der Waals surface area (Å²) >= 11 is 1.26. The highest BCUT2D eigenvalue weighted by Gasteiger charge is 2.13. The van der Waals surface area contributed by atoms with Crippen LogP contribution >= 0.6 is 11.3 Å². The molecule has 1 heterocycles. The van der Waals surface area contributed by atoms with Gasteiger partial charge in [-0.25, -0.2) is 0 Å². The van der Waals surface area contributed by atoms with Gasteiger partial charge >= 0.3 is 4.87 Å². The van der Waals surface area contributed by atoms with E-state index in [0.717, 1.165) is 16.1 Å². The lowest BCUT2D eigenvalue weighted by Gasteiger charge is -2.19. The molecule has 0 fully saturated rings. The molecule has 1 N–H and O–H groups in total. The van der Waals surface area contributed by atoms with E-state index in [2.05, 4.69) is 50.0 Å². The van der Waals surface area contributed by atoms with Crippen LogP contribution in [0, 0.1) is 6.92 Å². The minimum Gasteiger partial charge on any atom is -0.312 e. The number of benzene rings is 1. The van der Waals surface area contributed by atoms with Gasteiger partial charge in [-0.05, 0) is 23.5 Å². The second-order valence-corrected chi connectivity index (χ2v) is 6.46. The van der Waals surface area contributed by atoms with E-state index >= 15 is 0 Å². The van der Waals surface area contributed by atoms with Crippen molar-refractivity contribution in [3.63, 3.8) is 0 Å². The van der Waals surface area contributed by atoms with Gasteiger partial charge in [-0.3, -0.25) is 4.79 Å². The Balaban J connectivity index is 2.43. The van der Waals surface area contributed by atoms with E-state index in [-0.39, 0.29) is 10.3 Å². The maximum atomic E-state index is 11.3. The van der Waals surface area contributed by atoms with Crippen molar-refractivity contribution in [3.05, 3.63) is 44.4 Å². The summed E-state index contributed by atoms with van der Waals surface area (Å²) in [5.41, 5.74) is 3.49. The third-order valence-corrected chi connectivity index (χ3v) is 3.66. The van der Waals surface area contributed by atoms with Gasteiger partial charge in [0.2, 0.25) is 0 Å². The van der Waals surface area contributed by atoms with Gasteiger partial charge in [0.05, 0.1) is 5.69 Å². The number of aryl methyl sites for hydroxylation is 1. The first-order valence-electron chi connectivity index (χ1n) is 5.68. The van der Waals surface area contributed by atoms with E-state index in [1.54, 1.807) is 0 Å². The molecule has 90 valence electrons. The normalized spacial score (nSPS) is 11.8. The highest BCUT2D eigenvalue weighted by atomic mass is 32.1. The van der Waals surface area contributed by atoms with E-state index in [0.29, 0.717) is 0 Å². The molecule has 0 atom stereocenters. The molecule has 0 saturated heterocycles. The summed E-state index contributed by atoms with van der Waals surface area (Å²) in [5, 5.41) is 0. The summed E-state index contributed by atoms with van der Waals surface area (Å²) in [5.74, 6) is 0. The molecule has 2 aromatic rings. The molecule has 0 aliphatic heterocycles. The smallest absolute Gasteiger partial charge is 0.305 e. The van der Waals surface area contributed by atoms with Gasteiger partial charge in [-0.2, -0.15) is 0 Å². The number of hydrogen-bond donors (Lipinski definition) is 1. The average Bonchev–Trinajstić information content (AvgIpc) is 2.57. The Morgan fingerprint density at radius 3 is 2.12 bits per heavy atom. The van der Waals surface area contributed by atoms with Gasteiger partial charge < -0.3 is 4.98 Å². The van der Waals surface area contributed by atoms with Crippen molar-refractivity contribution in [2.75, 3.05) is 0 Å². The van der Waals surface area contributed by atoms with Gasteiger partial charge in [0.15, 0.2) is 0 Å². The van der Waals surface area contributed by atoms with E-state index in [9.17, 15) is 4.79 Å². The first kappa shape index (κ1) is 12.1. The van der Waals surface area contributed by atoms with Gasteiger partial charge in [-0.1, -0.05) is 56.4 Å². The van der Waals surface area contributed by atoms with Crippen LogP contribution in [0.4, 0.5) is 0 Å². The predicted molar refractivity (Wildman–Crippen MR) is 73.8 cm³/mol. The number of aromatic amines is 1. The SMILES string of the molecule is Cc1sc(=O)[nH]c1-c1ccc(C(C)(C)C)cc1. The summed E-state index contributed by atoms with van der Waals surface area (Å²) in [6, 6.07) is 8.41. The monoisotopic (exact) mass is 247 g/mol. The van der Waals surface area contributed by atoms with Gasteiger partial charge in [-0.15, -0.1) is 0 Å². The van der Waals surface area contributed by atoms with Gasteiger partial charge in [0, 0.05) is 4.88 Å². The summed E-state index contributed by atoms with van der Waals surface area (Å²) in [6.07, 6.45) is 0. The fourth-order valence-electron chi connectivity index (χ4n) is 1.82. The third kappa shape index (κ3) is 2.50. The molecule has 0 saturated carbocycles. The van der Waals surface area contributed by atoms with Crippen molar-refractivity contribution in [2.24, 2.45) is 0 Å². The maximum Gasteiger partial charge on any atom is 0.305 e. The Morgan fingerprint density at radius 2 is 1.71 bits per heavy atom. The number of H-pyrrole nitrogens is 1. The molecule has 0 unspecified atom stereocenters. The molecular weight excluding hydrogens is 230 g/mol. The van der Waals surface area contributed by atoms with Crippen LogP contribution < -0.4 is 4.87 Å². The first-order chi connectivity index (χ1) is 7.88. The molecule has 17 heavy (non-hydrogen) atoms. The fourth-order valence-corrected chi connectivity index (χ4v) is 2.52. The average molecular weight is 247 g/mol. The zero-order chi connectivity index (χ0) is 12.6. The summed E-state index contributed by atoms with van der Waals surface area (Å²) in [7, 11) is 0. The molecule has 2 rings (SSSR count). The maximum absolute atomic E-state index is 11.3. The second-order valence-electron chi connectivity index (χ2n) is 5.27. The minimum absolute atomic E-state index is 0.0115. The van der Waals surface area contributed by atoms with E-state index in [1.165, 1.54) is 16.9 Å². The van der Waals surface area contributed by atoms with E-state index < -0.39 is 0 Å². The van der Waals surface area contributed by atoms with Crippen molar-refractivity contribution in [2.45, 2.75) is 33.1 Å². The number of rotatable bonds is 1. The van der Waals surface area contributed by atoms with Crippen LogP contribution in [0.25, 0.3) is 11.3 Å². The predicted octanol–water partition coefficient (Wildman–Crippen LogP) is 3.71. The lowest BCUT2D eigenvalue weighted by molar-refractivity contribution is 0.590. The zero-order valence-electron chi connectivity index (χ0n) is 10.6. The van der Waals surface area contributed by atoms with Crippen molar-refractivity contribution in [1.29, 1.82) is 0 Å². The van der Waals surface area contributed by atoms with Gasteiger partial charge in [0.25, 0.3) is 0 Å². The molecule has 0 spiro atoms. The van der Waals surface area contributed by atoms with Crippen LogP contribution in [0.3, 0.4) is 0 Å². The summed E-state index contributed by atoms with van der Waals surface area (Å²) in [4.78, 5) is 15.2. The molecule has 1 aromatic heterocycles. The molecular formula is C14H17NOS.